The molecule has 3 rings (SSSR count). The summed E-state index contributed by atoms with van der Waals surface area (Å²) in [6.45, 7) is 1.98. The third kappa shape index (κ3) is 2.88. The molecule has 0 radical (unpaired) electrons. The zero-order valence-electron chi connectivity index (χ0n) is 11.5. The van der Waals surface area contributed by atoms with Gasteiger partial charge in [0.25, 0.3) is 0 Å². The van der Waals surface area contributed by atoms with Crippen LogP contribution in [0, 0.1) is 11.3 Å². The van der Waals surface area contributed by atoms with Crippen LogP contribution in [0.4, 0.5) is 0 Å². The smallest absolute Gasteiger partial charge is 0.0675 e. The molecule has 1 heterocycles. The first-order valence-corrected chi connectivity index (χ1v) is 8.03. The van der Waals surface area contributed by atoms with Crippen molar-refractivity contribution in [3.63, 3.8) is 0 Å². The highest BCUT2D eigenvalue weighted by Crippen LogP contribution is 2.49. The largest absolute Gasteiger partial charge is 0.377 e. The van der Waals surface area contributed by atoms with Crippen LogP contribution in [0.3, 0.4) is 0 Å². The average Bonchev–Trinajstić information content (AvgIpc) is 3.13. The van der Waals surface area contributed by atoms with Gasteiger partial charge in [-0.1, -0.05) is 28.1 Å². The van der Waals surface area contributed by atoms with E-state index in [1.807, 2.05) is 0 Å². The Labute approximate surface area is 124 Å². The van der Waals surface area contributed by atoms with Crippen LogP contribution in [-0.2, 0) is 11.2 Å². The zero-order valence-corrected chi connectivity index (χ0v) is 13.1. The minimum Gasteiger partial charge on any atom is -0.377 e. The van der Waals surface area contributed by atoms with E-state index in [1.54, 1.807) is 0 Å². The van der Waals surface area contributed by atoms with E-state index in [0.717, 1.165) is 25.5 Å². The number of halogens is 1. The Balaban J connectivity index is 1.83. The van der Waals surface area contributed by atoms with Crippen LogP contribution in [-0.4, -0.2) is 26.3 Å². The molecule has 2 aliphatic rings. The third-order valence-corrected chi connectivity index (χ3v) is 5.02. The van der Waals surface area contributed by atoms with Crippen LogP contribution in [0.15, 0.2) is 28.7 Å². The van der Waals surface area contributed by atoms with Crippen molar-refractivity contribution in [1.82, 2.24) is 5.32 Å². The van der Waals surface area contributed by atoms with E-state index in [4.69, 9.17) is 4.74 Å². The summed E-state index contributed by atoms with van der Waals surface area (Å²) < 4.78 is 7.27. The van der Waals surface area contributed by atoms with Crippen molar-refractivity contribution >= 4 is 15.9 Å². The maximum absolute atomic E-state index is 6.10. The molecule has 1 saturated heterocycles. The fourth-order valence-electron chi connectivity index (χ4n) is 3.59. The second-order valence-corrected chi connectivity index (χ2v) is 6.99. The Morgan fingerprint density at radius 2 is 2.26 bits per heavy atom. The van der Waals surface area contributed by atoms with Gasteiger partial charge in [0.1, 0.15) is 0 Å². The number of hydrogen-bond acceptors (Lipinski definition) is 2. The molecule has 1 aliphatic heterocycles. The minimum absolute atomic E-state index is 0.288. The van der Waals surface area contributed by atoms with Gasteiger partial charge >= 0.3 is 0 Å². The molecule has 2 unspecified atom stereocenters. The predicted molar refractivity (Wildman–Crippen MR) is 81.3 cm³/mol. The number of ether oxygens (including phenoxy) is 1. The van der Waals surface area contributed by atoms with E-state index in [2.05, 4.69) is 52.6 Å². The van der Waals surface area contributed by atoms with E-state index in [-0.39, 0.29) is 5.41 Å². The Kier molecular flexibility index (Phi) is 3.97. The molecule has 0 amide bonds. The van der Waals surface area contributed by atoms with Crippen LogP contribution in [0.1, 0.15) is 24.8 Å². The summed E-state index contributed by atoms with van der Waals surface area (Å²) in [6.07, 6.45) is 5.47. The second kappa shape index (κ2) is 5.55. The first kappa shape index (κ1) is 13.6. The van der Waals surface area contributed by atoms with Crippen molar-refractivity contribution in [3.05, 3.63) is 34.3 Å². The molecule has 1 saturated carbocycles. The second-order valence-electron chi connectivity index (χ2n) is 6.08. The molecule has 0 spiro atoms. The molecule has 0 aromatic heterocycles. The highest BCUT2D eigenvalue weighted by Gasteiger charge is 2.50. The van der Waals surface area contributed by atoms with E-state index < -0.39 is 0 Å². The lowest BCUT2D eigenvalue weighted by molar-refractivity contribution is 0.0314. The summed E-state index contributed by atoms with van der Waals surface area (Å²) in [5.74, 6) is 0.808. The quantitative estimate of drug-likeness (QED) is 0.896. The summed E-state index contributed by atoms with van der Waals surface area (Å²) in [5.41, 5.74) is 1.71. The van der Waals surface area contributed by atoms with Gasteiger partial charge in [-0.3, -0.25) is 0 Å². The summed E-state index contributed by atoms with van der Waals surface area (Å²) in [6, 6.07) is 8.72. The van der Waals surface area contributed by atoms with E-state index >= 15 is 0 Å². The number of hydrogen-bond donors (Lipinski definition) is 1. The number of nitrogens with one attached hydrogen (secondary N) is 1. The standard InChI is InChI=1S/C16H22BrNO/c1-18-11-16(7-8-19-15(16)13-5-6-13)10-12-3-2-4-14(17)9-12/h2-4,9,13,15,18H,5-8,10-11H2,1H3. The van der Waals surface area contributed by atoms with Gasteiger partial charge in [-0.15, -0.1) is 0 Å². The van der Waals surface area contributed by atoms with Crippen LogP contribution < -0.4 is 5.32 Å². The molecule has 1 aliphatic carbocycles. The molecule has 1 aromatic rings. The maximum Gasteiger partial charge on any atom is 0.0675 e. The Morgan fingerprint density at radius 1 is 1.42 bits per heavy atom. The molecule has 2 nitrogen and oxygen atoms in total. The van der Waals surface area contributed by atoms with Crippen molar-refractivity contribution in [2.24, 2.45) is 11.3 Å². The highest BCUT2D eigenvalue weighted by molar-refractivity contribution is 9.10. The molecule has 1 N–H and O–H groups in total. The maximum atomic E-state index is 6.10. The summed E-state index contributed by atoms with van der Waals surface area (Å²) in [7, 11) is 2.06. The normalized spacial score (nSPS) is 30.7. The number of rotatable bonds is 5. The summed E-state index contributed by atoms with van der Waals surface area (Å²) >= 11 is 3.58. The molecule has 19 heavy (non-hydrogen) atoms. The van der Waals surface area contributed by atoms with Crippen LogP contribution in [0.2, 0.25) is 0 Å². The van der Waals surface area contributed by atoms with Gasteiger partial charge in [0.2, 0.25) is 0 Å². The molecule has 104 valence electrons. The number of benzene rings is 1. The van der Waals surface area contributed by atoms with E-state index in [1.165, 1.54) is 29.3 Å². The lowest BCUT2D eigenvalue weighted by Crippen LogP contribution is -2.42. The Morgan fingerprint density at radius 3 is 2.95 bits per heavy atom. The first-order chi connectivity index (χ1) is 9.23. The van der Waals surface area contributed by atoms with Crippen molar-refractivity contribution < 1.29 is 4.74 Å². The van der Waals surface area contributed by atoms with Crippen molar-refractivity contribution in [2.45, 2.75) is 31.8 Å². The molecule has 1 aromatic carbocycles. The molecule has 0 bridgehead atoms. The van der Waals surface area contributed by atoms with Crippen molar-refractivity contribution in [1.29, 1.82) is 0 Å². The van der Waals surface area contributed by atoms with Crippen molar-refractivity contribution in [3.8, 4) is 0 Å². The summed E-state index contributed by atoms with van der Waals surface area (Å²) in [5, 5.41) is 3.41. The fraction of sp³-hybridized carbons (Fsp3) is 0.625. The van der Waals surface area contributed by atoms with E-state index in [9.17, 15) is 0 Å². The summed E-state index contributed by atoms with van der Waals surface area (Å²) in [4.78, 5) is 0. The first-order valence-electron chi connectivity index (χ1n) is 7.24. The molecule has 3 heteroatoms. The van der Waals surface area contributed by atoms with Gasteiger partial charge in [-0.2, -0.15) is 0 Å². The molecular formula is C16H22BrNO. The van der Waals surface area contributed by atoms with Gasteiger partial charge in [0.05, 0.1) is 6.10 Å². The molecule has 2 fully saturated rings. The van der Waals surface area contributed by atoms with Gasteiger partial charge < -0.3 is 10.1 Å². The Bertz CT molecular complexity index is 446. The zero-order chi connectivity index (χ0) is 13.3. The lowest BCUT2D eigenvalue weighted by Gasteiger charge is -2.34. The van der Waals surface area contributed by atoms with Gasteiger partial charge in [-0.25, -0.2) is 0 Å². The predicted octanol–water partition coefficient (Wildman–Crippen LogP) is 3.40. The topological polar surface area (TPSA) is 21.3 Å². The highest BCUT2D eigenvalue weighted by atomic mass is 79.9. The molecule has 2 atom stereocenters. The Hall–Kier alpha value is -0.380. The minimum atomic E-state index is 0.288. The molecular weight excluding hydrogens is 302 g/mol. The van der Waals surface area contributed by atoms with Crippen LogP contribution in [0.5, 0.6) is 0 Å². The third-order valence-electron chi connectivity index (χ3n) is 4.53. The average molecular weight is 324 g/mol. The van der Waals surface area contributed by atoms with Crippen LogP contribution >= 0.6 is 15.9 Å². The lowest BCUT2D eigenvalue weighted by atomic mass is 9.74. The monoisotopic (exact) mass is 323 g/mol. The van der Waals surface area contributed by atoms with Gasteiger partial charge in [-0.05, 0) is 56.3 Å². The van der Waals surface area contributed by atoms with E-state index in [0.29, 0.717) is 6.10 Å². The van der Waals surface area contributed by atoms with Crippen molar-refractivity contribution in [2.75, 3.05) is 20.2 Å². The van der Waals surface area contributed by atoms with Gasteiger partial charge in [0, 0.05) is 23.0 Å². The fourth-order valence-corrected chi connectivity index (χ4v) is 4.04. The van der Waals surface area contributed by atoms with Crippen LogP contribution in [0.25, 0.3) is 0 Å². The SMILES string of the molecule is CNCC1(Cc2cccc(Br)c2)CCOC1C1CC1. The van der Waals surface area contributed by atoms with Gasteiger partial charge in [0.15, 0.2) is 0 Å².